The molecule has 0 bridgehead atoms. The molecule has 0 radical (unpaired) electrons. The van der Waals surface area contributed by atoms with Gasteiger partial charge in [-0.05, 0) is 19.4 Å². The normalized spacial score (nSPS) is 13.2. The van der Waals surface area contributed by atoms with E-state index in [1.54, 1.807) is 0 Å². The van der Waals surface area contributed by atoms with Gasteiger partial charge in [-0.1, -0.05) is 6.07 Å². The molecule has 2 aromatic carbocycles. The van der Waals surface area contributed by atoms with Crippen molar-refractivity contribution in [1.29, 1.82) is 0 Å². The number of nitrogens with zero attached hydrogens (tertiary/aromatic N) is 2. The van der Waals surface area contributed by atoms with Gasteiger partial charge < -0.3 is 18.9 Å². The highest BCUT2D eigenvalue weighted by molar-refractivity contribution is 6.20. The summed E-state index contributed by atoms with van der Waals surface area (Å²) < 4.78 is 22.1. The molecule has 1 heterocycles. The molecule has 0 aromatic heterocycles. The fraction of sp³-hybridized carbons (Fsp3) is 0.300. The maximum absolute atomic E-state index is 12.4. The van der Waals surface area contributed by atoms with Crippen LogP contribution in [0.3, 0.4) is 0 Å². The summed E-state index contributed by atoms with van der Waals surface area (Å²) in [4.78, 5) is 22.7. The van der Waals surface area contributed by atoms with Crippen molar-refractivity contribution in [3.8, 4) is 23.0 Å². The van der Waals surface area contributed by atoms with E-state index < -0.39 is 10.8 Å². The SMILES string of the molecule is COc1c(/C=N\NC(=O)c2cccc([N+](=O)[O-])c2)c(C[C@H](C)Cl)c(OC)c2c1OCO2. The minimum Gasteiger partial charge on any atom is -0.492 e. The molecule has 0 fully saturated rings. The number of ether oxygens (including phenoxy) is 4. The average Bonchev–Trinajstić information content (AvgIpc) is 3.22. The van der Waals surface area contributed by atoms with Crippen LogP contribution in [0, 0.1) is 10.1 Å². The Hall–Kier alpha value is -3.53. The third kappa shape index (κ3) is 4.64. The molecule has 164 valence electrons. The third-order valence-corrected chi connectivity index (χ3v) is 4.60. The number of non-ortho nitro benzene ring substituents is 1. The average molecular weight is 450 g/mol. The highest BCUT2D eigenvalue weighted by atomic mass is 35.5. The Morgan fingerprint density at radius 1 is 1.32 bits per heavy atom. The van der Waals surface area contributed by atoms with E-state index in [4.69, 9.17) is 30.5 Å². The summed E-state index contributed by atoms with van der Waals surface area (Å²) in [6, 6.07) is 5.32. The Bertz CT molecular complexity index is 1040. The Morgan fingerprint density at radius 2 is 2.00 bits per heavy atom. The van der Waals surface area contributed by atoms with Gasteiger partial charge in [-0.3, -0.25) is 14.9 Å². The largest absolute Gasteiger partial charge is 0.492 e. The van der Waals surface area contributed by atoms with Gasteiger partial charge in [0, 0.05) is 34.2 Å². The molecule has 31 heavy (non-hydrogen) atoms. The first-order valence-electron chi connectivity index (χ1n) is 9.15. The number of methoxy groups -OCH3 is 2. The molecule has 3 rings (SSSR count). The maximum Gasteiger partial charge on any atom is 0.271 e. The van der Waals surface area contributed by atoms with E-state index >= 15 is 0 Å². The van der Waals surface area contributed by atoms with Crippen molar-refractivity contribution in [2.45, 2.75) is 18.7 Å². The number of fused-ring (bicyclic) bond motifs is 1. The number of alkyl halides is 1. The lowest BCUT2D eigenvalue weighted by Gasteiger charge is -2.18. The first-order chi connectivity index (χ1) is 14.9. The number of benzene rings is 2. The fourth-order valence-electron chi connectivity index (χ4n) is 3.15. The number of nitrogens with one attached hydrogen (secondary N) is 1. The van der Waals surface area contributed by atoms with Crippen molar-refractivity contribution in [1.82, 2.24) is 5.43 Å². The molecule has 0 aliphatic carbocycles. The summed E-state index contributed by atoms with van der Waals surface area (Å²) in [6.45, 7) is 1.82. The van der Waals surface area contributed by atoms with E-state index in [1.807, 2.05) is 6.92 Å². The summed E-state index contributed by atoms with van der Waals surface area (Å²) >= 11 is 6.23. The smallest absolute Gasteiger partial charge is 0.271 e. The number of hydrazone groups is 1. The van der Waals surface area contributed by atoms with Crippen LogP contribution in [0.4, 0.5) is 5.69 Å². The van der Waals surface area contributed by atoms with Crippen molar-refractivity contribution in [3.05, 3.63) is 51.1 Å². The quantitative estimate of drug-likeness (QED) is 0.284. The van der Waals surface area contributed by atoms with E-state index in [0.29, 0.717) is 40.5 Å². The number of hydrogen-bond donors (Lipinski definition) is 1. The number of carbonyl (C=O) groups excluding carboxylic acids is 1. The number of hydrogen-bond acceptors (Lipinski definition) is 8. The lowest BCUT2D eigenvalue weighted by atomic mass is 9.99. The van der Waals surface area contributed by atoms with E-state index in [2.05, 4.69) is 10.5 Å². The molecule has 0 unspecified atom stereocenters. The van der Waals surface area contributed by atoms with Gasteiger partial charge in [0.2, 0.25) is 18.3 Å². The number of amides is 1. The van der Waals surface area contributed by atoms with Crippen LogP contribution in [-0.2, 0) is 6.42 Å². The molecule has 0 spiro atoms. The Labute approximate surface area is 182 Å². The summed E-state index contributed by atoms with van der Waals surface area (Å²) in [5.74, 6) is 0.946. The van der Waals surface area contributed by atoms with E-state index in [0.717, 1.165) is 6.07 Å². The molecule has 1 aliphatic rings. The van der Waals surface area contributed by atoms with Gasteiger partial charge >= 0.3 is 0 Å². The van der Waals surface area contributed by atoms with Gasteiger partial charge in [-0.25, -0.2) is 5.43 Å². The molecular formula is C20H20ClN3O7. The number of nitro benzene ring substituents is 1. The van der Waals surface area contributed by atoms with E-state index in [1.165, 1.54) is 38.6 Å². The number of halogens is 1. The minimum absolute atomic E-state index is 0.00202. The van der Waals surface area contributed by atoms with Crippen LogP contribution in [0.2, 0.25) is 0 Å². The summed E-state index contributed by atoms with van der Waals surface area (Å²) in [7, 11) is 2.97. The highest BCUT2D eigenvalue weighted by Crippen LogP contribution is 2.52. The predicted octanol–water partition coefficient (Wildman–Crippen LogP) is 3.27. The molecule has 0 saturated carbocycles. The fourth-order valence-corrected chi connectivity index (χ4v) is 3.31. The van der Waals surface area contributed by atoms with Crippen molar-refractivity contribution in [3.63, 3.8) is 0 Å². The topological polar surface area (TPSA) is 122 Å². The minimum atomic E-state index is -0.612. The van der Waals surface area contributed by atoms with Crippen LogP contribution in [0.25, 0.3) is 0 Å². The summed E-state index contributed by atoms with van der Waals surface area (Å²) in [5.41, 5.74) is 3.42. The van der Waals surface area contributed by atoms with Gasteiger partial charge in [-0.15, -0.1) is 11.6 Å². The van der Waals surface area contributed by atoms with Crippen LogP contribution >= 0.6 is 11.6 Å². The molecule has 11 heteroatoms. The van der Waals surface area contributed by atoms with Gasteiger partial charge in [-0.2, -0.15) is 5.10 Å². The Balaban J connectivity index is 1.96. The molecule has 1 N–H and O–H groups in total. The number of carbonyl (C=O) groups is 1. The van der Waals surface area contributed by atoms with Gasteiger partial charge in [0.1, 0.15) is 0 Å². The van der Waals surface area contributed by atoms with E-state index in [9.17, 15) is 14.9 Å². The van der Waals surface area contributed by atoms with Crippen LogP contribution < -0.4 is 24.4 Å². The molecule has 0 saturated heterocycles. The molecule has 10 nitrogen and oxygen atoms in total. The molecule has 1 amide bonds. The van der Waals surface area contributed by atoms with Crippen molar-refractivity contribution >= 4 is 29.4 Å². The van der Waals surface area contributed by atoms with Gasteiger partial charge in [0.25, 0.3) is 11.6 Å². The van der Waals surface area contributed by atoms with Crippen molar-refractivity contribution < 1.29 is 28.7 Å². The van der Waals surface area contributed by atoms with Gasteiger partial charge in [0.15, 0.2) is 11.5 Å². The van der Waals surface area contributed by atoms with Crippen molar-refractivity contribution in [2.75, 3.05) is 21.0 Å². The van der Waals surface area contributed by atoms with Crippen LogP contribution in [0.15, 0.2) is 29.4 Å². The van der Waals surface area contributed by atoms with Crippen LogP contribution in [0.5, 0.6) is 23.0 Å². The monoisotopic (exact) mass is 449 g/mol. The highest BCUT2D eigenvalue weighted by Gasteiger charge is 2.31. The lowest BCUT2D eigenvalue weighted by Crippen LogP contribution is -2.18. The Morgan fingerprint density at radius 3 is 2.61 bits per heavy atom. The maximum atomic E-state index is 12.4. The number of nitro groups is 1. The lowest BCUT2D eigenvalue weighted by molar-refractivity contribution is -0.384. The third-order valence-electron chi connectivity index (χ3n) is 4.44. The zero-order valence-corrected chi connectivity index (χ0v) is 17.8. The zero-order chi connectivity index (χ0) is 22.5. The molecule has 1 atom stereocenters. The number of rotatable bonds is 8. The first-order valence-corrected chi connectivity index (χ1v) is 9.59. The molecular weight excluding hydrogens is 430 g/mol. The zero-order valence-electron chi connectivity index (χ0n) is 17.0. The first kappa shape index (κ1) is 22.2. The van der Waals surface area contributed by atoms with Crippen molar-refractivity contribution in [2.24, 2.45) is 5.10 Å². The summed E-state index contributed by atoms with van der Waals surface area (Å²) in [6.07, 6.45) is 1.78. The van der Waals surface area contributed by atoms with Gasteiger partial charge in [0.05, 0.1) is 25.4 Å². The Kier molecular flexibility index (Phi) is 6.81. The predicted molar refractivity (Wildman–Crippen MR) is 113 cm³/mol. The second-order valence-corrected chi connectivity index (χ2v) is 7.26. The second kappa shape index (κ2) is 9.52. The summed E-state index contributed by atoms with van der Waals surface area (Å²) in [5, 5.41) is 14.7. The van der Waals surface area contributed by atoms with Crippen LogP contribution in [-0.4, -0.2) is 43.4 Å². The molecule has 1 aliphatic heterocycles. The second-order valence-electron chi connectivity index (χ2n) is 6.51. The standard InChI is InChI=1S/C20H20ClN3O7/c1-11(21)7-14-15(17(29-3)19-18(16(14)28-2)30-10-31-19)9-22-23-20(25)12-5-4-6-13(8-12)24(26)27/h4-6,8-9,11H,7,10H2,1-3H3,(H,23,25)/b22-9-/t11-/m0/s1. The van der Waals surface area contributed by atoms with E-state index in [-0.39, 0.29) is 23.4 Å². The van der Waals surface area contributed by atoms with Crippen LogP contribution in [0.1, 0.15) is 28.4 Å². The molecule has 2 aromatic rings.